The van der Waals surface area contributed by atoms with E-state index >= 15 is 0 Å². The van der Waals surface area contributed by atoms with Crippen molar-refractivity contribution in [3.8, 4) is 0 Å². The van der Waals surface area contributed by atoms with E-state index in [1.165, 1.54) is 6.08 Å². The Labute approximate surface area is 125 Å². The van der Waals surface area contributed by atoms with E-state index in [1.807, 2.05) is 55.4 Å². The molecule has 106 valence electrons. The van der Waals surface area contributed by atoms with E-state index in [1.54, 1.807) is 13.0 Å². The van der Waals surface area contributed by atoms with Gasteiger partial charge in [-0.15, -0.1) is 0 Å². The Morgan fingerprint density at radius 2 is 1.75 bits per heavy atom. The van der Waals surface area contributed by atoms with Crippen LogP contribution in [0.2, 0.25) is 0 Å². The van der Waals surface area contributed by atoms with Crippen molar-refractivity contribution >= 4 is 35.3 Å². The zero-order valence-corrected chi connectivity index (χ0v) is 12.8. The Kier molecular flexibility index (Phi) is 6.67. The van der Waals surface area contributed by atoms with Gasteiger partial charge < -0.3 is 9.64 Å². The van der Waals surface area contributed by atoms with Crippen molar-refractivity contribution < 1.29 is 9.53 Å². The molecule has 0 fully saturated rings. The molecule has 0 saturated heterocycles. The molecule has 20 heavy (non-hydrogen) atoms. The molecule has 0 aliphatic carbocycles. The van der Waals surface area contributed by atoms with Crippen molar-refractivity contribution in [2.75, 3.05) is 20.7 Å². The molecule has 0 radical (unpaired) electrons. The number of rotatable bonds is 5. The summed E-state index contributed by atoms with van der Waals surface area (Å²) in [4.78, 5) is 13.9. The lowest BCUT2D eigenvalue weighted by molar-refractivity contribution is -0.137. The Balaban J connectivity index is 2.88. The Morgan fingerprint density at radius 1 is 1.20 bits per heavy atom. The van der Waals surface area contributed by atoms with Gasteiger partial charge in [0.2, 0.25) is 0 Å². The van der Waals surface area contributed by atoms with Gasteiger partial charge in [-0.3, -0.25) is 0 Å². The van der Waals surface area contributed by atoms with Gasteiger partial charge in [-0.1, -0.05) is 42.6 Å². The fourth-order valence-electron chi connectivity index (χ4n) is 1.47. The molecule has 0 atom stereocenters. The molecule has 1 aromatic carbocycles. The molecule has 3 nitrogen and oxygen atoms in total. The molecule has 0 heterocycles. The minimum Gasteiger partial charge on any atom is -0.463 e. The van der Waals surface area contributed by atoms with Gasteiger partial charge in [0.15, 0.2) is 0 Å². The first-order chi connectivity index (χ1) is 9.54. The van der Waals surface area contributed by atoms with E-state index in [9.17, 15) is 4.79 Å². The number of esters is 1. The fourth-order valence-corrected chi connectivity index (χ4v) is 1.54. The summed E-state index contributed by atoms with van der Waals surface area (Å²) in [5.74, 6) is -0.338. The standard InChI is InChI=1S/C16H19NO2S/c1-4-19-16(18)12-10-14-8-6-5-7-13(14)9-11-15(20)17(2)3/h5-12H,4H2,1-3H3/b11-9+,12-10+. The first kappa shape index (κ1) is 16.1. The van der Waals surface area contributed by atoms with Gasteiger partial charge >= 0.3 is 5.97 Å². The van der Waals surface area contributed by atoms with E-state index in [2.05, 4.69) is 0 Å². The van der Waals surface area contributed by atoms with E-state index < -0.39 is 0 Å². The number of likely N-dealkylation sites (N-methyl/N-ethyl adjacent to an activating group) is 1. The molecular weight excluding hydrogens is 270 g/mol. The van der Waals surface area contributed by atoms with Gasteiger partial charge in [0, 0.05) is 20.2 Å². The van der Waals surface area contributed by atoms with Crippen LogP contribution in [0.25, 0.3) is 12.2 Å². The average molecular weight is 289 g/mol. The molecule has 0 spiro atoms. The largest absolute Gasteiger partial charge is 0.463 e. The van der Waals surface area contributed by atoms with Gasteiger partial charge in [0.25, 0.3) is 0 Å². The molecule has 1 aromatic rings. The lowest BCUT2D eigenvalue weighted by Gasteiger charge is -2.09. The molecule has 0 aromatic heterocycles. The smallest absolute Gasteiger partial charge is 0.330 e. The average Bonchev–Trinajstić information content (AvgIpc) is 2.43. The summed E-state index contributed by atoms with van der Waals surface area (Å²) >= 11 is 5.21. The quantitative estimate of drug-likeness (QED) is 0.473. The summed E-state index contributed by atoms with van der Waals surface area (Å²) in [5.41, 5.74) is 1.94. The van der Waals surface area contributed by atoms with Gasteiger partial charge in [-0.25, -0.2) is 4.79 Å². The number of benzene rings is 1. The van der Waals surface area contributed by atoms with Crippen molar-refractivity contribution in [2.24, 2.45) is 0 Å². The first-order valence-corrected chi connectivity index (χ1v) is 6.78. The summed E-state index contributed by atoms with van der Waals surface area (Å²) in [7, 11) is 3.80. The van der Waals surface area contributed by atoms with Crippen LogP contribution in [0.15, 0.2) is 36.4 Å². The second-order valence-electron chi connectivity index (χ2n) is 4.28. The zero-order chi connectivity index (χ0) is 15.0. The second kappa shape index (κ2) is 8.27. The van der Waals surface area contributed by atoms with E-state index in [0.717, 1.165) is 16.1 Å². The molecule has 1 rings (SSSR count). The number of carbonyl (C=O) groups is 1. The fraction of sp³-hybridized carbons (Fsp3) is 0.250. The van der Waals surface area contributed by atoms with Gasteiger partial charge in [0.05, 0.1) is 6.61 Å². The third kappa shape index (κ3) is 5.36. The summed E-state index contributed by atoms with van der Waals surface area (Å²) in [6, 6.07) is 7.78. The summed E-state index contributed by atoms with van der Waals surface area (Å²) < 4.78 is 4.86. The summed E-state index contributed by atoms with van der Waals surface area (Å²) in [6.45, 7) is 2.16. The maximum Gasteiger partial charge on any atom is 0.330 e. The van der Waals surface area contributed by atoms with Crippen molar-refractivity contribution in [1.82, 2.24) is 4.90 Å². The van der Waals surface area contributed by atoms with Crippen molar-refractivity contribution in [2.45, 2.75) is 6.92 Å². The van der Waals surface area contributed by atoms with E-state index in [0.29, 0.717) is 6.61 Å². The Bertz CT molecular complexity index is 533. The van der Waals surface area contributed by atoms with Gasteiger partial charge in [0.1, 0.15) is 4.99 Å². The maximum atomic E-state index is 11.3. The lowest BCUT2D eigenvalue weighted by atomic mass is 10.1. The molecule has 0 aliphatic heterocycles. The number of carbonyl (C=O) groups excluding carboxylic acids is 1. The van der Waals surface area contributed by atoms with Crippen LogP contribution in [-0.4, -0.2) is 36.6 Å². The predicted octanol–water partition coefficient (Wildman–Crippen LogP) is 3.17. The van der Waals surface area contributed by atoms with Crippen molar-refractivity contribution in [3.05, 3.63) is 47.5 Å². The van der Waals surface area contributed by atoms with Crippen LogP contribution in [0.5, 0.6) is 0 Å². The van der Waals surface area contributed by atoms with Gasteiger partial charge in [-0.05, 0) is 30.2 Å². The maximum absolute atomic E-state index is 11.3. The number of thiocarbonyl (C=S) groups is 1. The highest BCUT2D eigenvalue weighted by Crippen LogP contribution is 2.13. The van der Waals surface area contributed by atoms with Gasteiger partial charge in [-0.2, -0.15) is 0 Å². The normalized spacial score (nSPS) is 10.9. The highest BCUT2D eigenvalue weighted by Gasteiger charge is 1.98. The molecule has 0 aliphatic rings. The van der Waals surface area contributed by atoms with Crippen LogP contribution in [0.1, 0.15) is 18.1 Å². The zero-order valence-electron chi connectivity index (χ0n) is 12.0. The SMILES string of the molecule is CCOC(=O)/C=C/c1ccccc1/C=C/C(=S)N(C)C. The van der Waals surface area contributed by atoms with Crippen LogP contribution < -0.4 is 0 Å². The first-order valence-electron chi connectivity index (χ1n) is 6.37. The highest BCUT2D eigenvalue weighted by atomic mass is 32.1. The number of ether oxygens (including phenoxy) is 1. The number of hydrogen-bond acceptors (Lipinski definition) is 3. The highest BCUT2D eigenvalue weighted by molar-refractivity contribution is 7.80. The lowest BCUT2D eigenvalue weighted by Crippen LogP contribution is -2.16. The molecule has 0 unspecified atom stereocenters. The van der Waals surface area contributed by atoms with Crippen molar-refractivity contribution in [3.63, 3.8) is 0 Å². The van der Waals surface area contributed by atoms with Crippen LogP contribution in [-0.2, 0) is 9.53 Å². The third-order valence-corrected chi connectivity index (χ3v) is 3.03. The van der Waals surface area contributed by atoms with Crippen LogP contribution in [0, 0.1) is 0 Å². The van der Waals surface area contributed by atoms with E-state index in [4.69, 9.17) is 17.0 Å². The Morgan fingerprint density at radius 3 is 2.25 bits per heavy atom. The Hall–Kier alpha value is -1.94. The molecule has 4 heteroatoms. The minimum atomic E-state index is -0.338. The topological polar surface area (TPSA) is 29.5 Å². The molecule has 0 amide bonds. The minimum absolute atomic E-state index is 0.338. The van der Waals surface area contributed by atoms with Crippen LogP contribution in [0.4, 0.5) is 0 Å². The van der Waals surface area contributed by atoms with E-state index in [-0.39, 0.29) is 5.97 Å². The summed E-state index contributed by atoms with van der Waals surface area (Å²) in [5, 5.41) is 0. The molecule has 0 saturated carbocycles. The molecular formula is C16H19NO2S. The monoisotopic (exact) mass is 289 g/mol. The number of hydrogen-bond donors (Lipinski definition) is 0. The van der Waals surface area contributed by atoms with Crippen LogP contribution >= 0.6 is 12.2 Å². The summed E-state index contributed by atoms with van der Waals surface area (Å²) in [6.07, 6.45) is 6.98. The molecule has 0 N–H and O–H groups in total. The number of nitrogens with zero attached hydrogens (tertiary/aromatic N) is 1. The van der Waals surface area contributed by atoms with Crippen molar-refractivity contribution in [1.29, 1.82) is 0 Å². The van der Waals surface area contributed by atoms with Crippen LogP contribution in [0.3, 0.4) is 0 Å². The third-order valence-electron chi connectivity index (χ3n) is 2.53. The molecule has 0 bridgehead atoms. The second-order valence-corrected chi connectivity index (χ2v) is 4.70. The predicted molar refractivity (Wildman–Crippen MR) is 87.4 cm³/mol.